The summed E-state index contributed by atoms with van der Waals surface area (Å²) < 4.78 is 10.2. The molecule has 4 nitrogen and oxygen atoms in total. The number of benzene rings is 1. The predicted octanol–water partition coefficient (Wildman–Crippen LogP) is 3.95. The van der Waals surface area contributed by atoms with Crippen molar-refractivity contribution in [2.24, 2.45) is 5.92 Å². The fourth-order valence-corrected chi connectivity index (χ4v) is 2.88. The number of hydrogen-bond acceptors (Lipinski definition) is 4. The number of rotatable bonds is 6. The molecule has 1 aromatic carbocycles. The summed E-state index contributed by atoms with van der Waals surface area (Å²) in [4.78, 5) is 23.8. The van der Waals surface area contributed by atoms with Crippen molar-refractivity contribution in [3.05, 3.63) is 41.5 Å². The van der Waals surface area contributed by atoms with Crippen molar-refractivity contribution >= 4 is 11.8 Å². The maximum atomic E-state index is 12.7. The average Bonchev–Trinajstić information content (AvgIpc) is 2.59. The van der Waals surface area contributed by atoms with Gasteiger partial charge in [0.1, 0.15) is 12.4 Å². The molecule has 0 unspecified atom stereocenters. The van der Waals surface area contributed by atoms with Gasteiger partial charge in [-0.15, -0.1) is 0 Å². The molecule has 0 radical (unpaired) electrons. The Labute approximate surface area is 137 Å². The van der Waals surface area contributed by atoms with E-state index >= 15 is 0 Å². The monoisotopic (exact) mass is 316 g/mol. The maximum absolute atomic E-state index is 12.7. The Morgan fingerprint density at radius 1 is 1.13 bits per heavy atom. The predicted molar refractivity (Wildman–Crippen MR) is 88.6 cm³/mol. The van der Waals surface area contributed by atoms with Gasteiger partial charge in [0, 0.05) is 18.1 Å². The standard InChI is InChI=1S/C19H24O4/c1-14(20)23-13-17(12-15-6-4-3-5-7-15)19(21)16-8-10-18(22-2)11-9-16/h8-12,15H,3-7,13H2,1-2H3/b17-12+. The summed E-state index contributed by atoms with van der Waals surface area (Å²) in [5.74, 6) is 0.650. The molecule has 0 heterocycles. The third-order valence-electron chi connectivity index (χ3n) is 4.16. The van der Waals surface area contributed by atoms with Crippen LogP contribution in [0.2, 0.25) is 0 Å². The van der Waals surface area contributed by atoms with Gasteiger partial charge in [-0.1, -0.05) is 25.3 Å². The Morgan fingerprint density at radius 3 is 2.35 bits per heavy atom. The highest BCUT2D eigenvalue weighted by Gasteiger charge is 2.18. The Kier molecular flexibility index (Phi) is 6.39. The topological polar surface area (TPSA) is 52.6 Å². The van der Waals surface area contributed by atoms with Crippen LogP contribution in [0.15, 0.2) is 35.9 Å². The highest BCUT2D eigenvalue weighted by Crippen LogP contribution is 2.26. The van der Waals surface area contributed by atoms with E-state index in [9.17, 15) is 9.59 Å². The number of ketones is 1. The molecule has 1 aliphatic carbocycles. The minimum absolute atomic E-state index is 0.0384. The summed E-state index contributed by atoms with van der Waals surface area (Å²) in [6.07, 6.45) is 7.85. The van der Waals surface area contributed by atoms with Crippen molar-refractivity contribution < 1.29 is 19.1 Å². The highest BCUT2D eigenvalue weighted by molar-refractivity contribution is 6.09. The smallest absolute Gasteiger partial charge is 0.302 e. The van der Waals surface area contributed by atoms with E-state index in [1.165, 1.54) is 26.2 Å². The highest BCUT2D eigenvalue weighted by atomic mass is 16.5. The second kappa shape index (κ2) is 8.51. The number of carbonyl (C=O) groups excluding carboxylic acids is 2. The fraction of sp³-hybridized carbons (Fsp3) is 0.474. The lowest BCUT2D eigenvalue weighted by molar-refractivity contribution is -0.139. The van der Waals surface area contributed by atoms with E-state index in [0.717, 1.165) is 12.8 Å². The van der Waals surface area contributed by atoms with Crippen LogP contribution < -0.4 is 4.74 Å². The summed E-state index contributed by atoms with van der Waals surface area (Å²) in [7, 11) is 1.59. The van der Waals surface area contributed by atoms with Crippen LogP contribution in [0.1, 0.15) is 49.4 Å². The molecule has 1 aromatic rings. The van der Waals surface area contributed by atoms with Crippen molar-refractivity contribution in [1.29, 1.82) is 0 Å². The zero-order valence-electron chi connectivity index (χ0n) is 13.8. The SMILES string of the molecule is COc1ccc(C(=O)/C(=C/C2CCCCC2)COC(C)=O)cc1. The normalized spacial score (nSPS) is 16.0. The van der Waals surface area contributed by atoms with Crippen LogP contribution >= 0.6 is 0 Å². The Morgan fingerprint density at radius 2 is 1.78 bits per heavy atom. The molecule has 0 saturated heterocycles. The summed E-state index contributed by atoms with van der Waals surface area (Å²) in [6, 6.07) is 7.00. The van der Waals surface area contributed by atoms with Crippen LogP contribution in [0.25, 0.3) is 0 Å². The molecule has 1 aliphatic rings. The molecule has 4 heteroatoms. The number of esters is 1. The first kappa shape index (κ1) is 17.3. The molecule has 1 fully saturated rings. The zero-order valence-corrected chi connectivity index (χ0v) is 13.8. The molecular weight excluding hydrogens is 292 g/mol. The molecule has 0 aromatic heterocycles. The van der Waals surface area contributed by atoms with Crippen LogP contribution in [0.4, 0.5) is 0 Å². The lowest BCUT2D eigenvalue weighted by Gasteiger charge is -2.19. The van der Waals surface area contributed by atoms with E-state index in [2.05, 4.69) is 0 Å². The van der Waals surface area contributed by atoms with Gasteiger partial charge in [0.25, 0.3) is 0 Å². The lowest BCUT2D eigenvalue weighted by atomic mass is 9.87. The summed E-state index contributed by atoms with van der Waals surface area (Å²) in [6.45, 7) is 1.40. The average molecular weight is 316 g/mol. The Balaban J connectivity index is 2.17. The number of allylic oxidation sites excluding steroid dienone is 1. The lowest BCUT2D eigenvalue weighted by Crippen LogP contribution is -2.14. The van der Waals surface area contributed by atoms with Gasteiger partial charge in [-0.2, -0.15) is 0 Å². The molecule has 1 saturated carbocycles. The van der Waals surface area contributed by atoms with Crippen LogP contribution in [-0.2, 0) is 9.53 Å². The summed E-state index contributed by atoms with van der Waals surface area (Å²) in [5, 5.41) is 0. The van der Waals surface area contributed by atoms with E-state index in [1.54, 1.807) is 31.4 Å². The molecular formula is C19H24O4. The molecule has 124 valence electrons. The largest absolute Gasteiger partial charge is 0.497 e. The number of hydrogen-bond donors (Lipinski definition) is 0. The van der Waals surface area contributed by atoms with Gasteiger partial charge in [-0.05, 0) is 43.0 Å². The Bertz CT molecular complexity index is 566. The third kappa shape index (κ3) is 5.23. The van der Waals surface area contributed by atoms with Crippen LogP contribution in [0.5, 0.6) is 5.75 Å². The maximum Gasteiger partial charge on any atom is 0.302 e. The minimum atomic E-state index is -0.373. The van der Waals surface area contributed by atoms with Crippen molar-refractivity contribution in [2.45, 2.75) is 39.0 Å². The molecule has 23 heavy (non-hydrogen) atoms. The van der Waals surface area contributed by atoms with Gasteiger partial charge >= 0.3 is 5.97 Å². The molecule has 0 aliphatic heterocycles. The fourth-order valence-electron chi connectivity index (χ4n) is 2.88. The second-order valence-electron chi connectivity index (χ2n) is 5.93. The van der Waals surface area contributed by atoms with Crippen molar-refractivity contribution in [2.75, 3.05) is 13.7 Å². The molecule has 0 bridgehead atoms. The molecule has 0 amide bonds. The van der Waals surface area contributed by atoms with E-state index < -0.39 is 0 Å². The van der Waals surface area contributed by atoms with Gasteiger partial charge in [-0.3, -0.25) is 9.59 Å². The molecule has 2 rings (SSSR count). The summed E-state index contributed by atoms with van der Waals surface area (Å²) in [5.41, 5.74) is 1.15. The van der Waals surface area contributed by atoms with Gasteiger partial charge in [0.15, 0.2) is 5.78 Å². The first-order valence-electron chi connectivity index (χ1n) is 8.13. The van der Waals surface area contributed by atoms with Crippen molar-refractivity contribution in [1.82, 2.24) is 0 Å². The number of Topliss-reactive ketones (excluding diaryl/α,β-unsaturated/α-hetero) is 1. The van der Waals surface area contributed by atoms with E-state index in [-0.39, 0.29) is 18.4 Å². The number of carbonyl (C=O) groups is 2. The van der Waals surface area contributed by atoms with Gasteiger partial charge < -0.3 is 9.47 Å². The third-order valence-corrected chi connectivity index (χ3v) is 4.16. The molecule has 0 spiro atoms. The molecule has 0 atom stereocenters. The van der Waals surface area contributed by atoms with Crippen LogP contribution in [0, 0.1) is 5.92 Å². The Hall–Kier alpha value is -2.10. The van der Waals surface area contributed by atoms with Crippen LogP contribution in [0.3, 0.4) is 0 Å². The number of ether oxygens (including phenoxy) is 2. The van der Waals surface area contributed by atoms with Crippen LogP contribution in [-0.4, -0.2) is 25.5 Å². The van der Waals surface area contributed by atoms with Gasteiger partial charge in [-0.25, -0.2) is 0 Å². The van der Waals surface area contributed by atoms with Crippen molar-refractivity contribution in [3.63, 3.8) is 0 Å². The molecule has 0 N–H and O–H groups in total. The second-order valence-corrected chi connectivity index (χ2v) is 5.93. The first-order chi connectivity index (χ1) is 11.1. The van der Waals surface area contributed by atoms with E-state index in [1.807, 2.05) is 6.08 Å². The van der Waals surface area contributed by atoms with Gasteiger partial charge in [0.2, 0.25) is 0 Å². The quantitative estimate of drug-likeness (QED) is 0.453. The summed E-state index contributed by atoms with van der Waals surface area (Å²) >= 11 is 0. The zero-order chi connectivity index (χ0) is 16.7. The van der Waals surface area contributed by atoms with Gasteiger partial charge in [0.05, 0.1) is 7.11 Å². The van der Waals surface area contributed by atoms with E-state index in [4.69, 9.17) is 9.47 Å². The first-order valence-corrected chi connectivity index (χ1v) is 8.13. The minimum Gasteiger partial charge on any atom is -0.497 e. The van der Waals surface area contributed by atoms with Crippen molar-refractivity contribution in [3.8, 4) is 5.75 Å². The number of methoxy groups -OCH3 is 1. The van der Waals surface area contributed by atoms with E-state index in [0.29, 0.717) is 22.8 Å².